The van der Waals surface area contributed by atoms with Gasteiger partial charge in [-0.1, -0.05) is 47.6 Å². The molecule has 0 saturated carbocycles. The minimum absolute atomic E-state index is 0.0404. The van der Waals surface area contributed by atoms with Crippen LogP contribution in [0.2, 0.25) is 36.3 Å². The van der Waals surface area contributed by atoms with Crippen LogP contribution in [0.5, 0.6) is 0 Å². The number of ether oxygens (including phenoxy) is 3. The highest BCUT2D eigenvalue weighted by Gasteiger charge is 2.49. The van der Waals surface area contributed by atoms with Crippen molar-refractivity contribution in [3.63, 3.8) is 0 Å². The van der Waals surface area contributed by atoms with Crippen molar-refractivity contribution in [2.24, 2.45) is 4.99 Å². The molecule has 332 valence electrons. The highest BCUT2D eigenvalue weighted by Crippen LogP contribution is 2.35. The Hall–Kier alpha value is -3.15. The average molecular weight is 899 g/mol. The Kier molecular flexibility index (Phi) is 19.3. The van der Waals surface area contributed by atoms with Crippen molar-refractivity contribution < 1.29 is 47.0 Å². The molecule has 0 bridgehead atoms. The third-order valence-corrected chi connectivity index (χ3v) is 22.7. The first-order valence-corrected chi connectivity index (χ1v) is 27.7. The first-order chi connectivity index (χ1) is 28.0. The van der Waals surface area contributed by atoms with Gasteiger partial charge in [0.25, 0.3) is 5.91 Å². The molecule has 3 N–H and O–H groups in total. The second-order valence-electron chi connectivity index (χ2n) is 15.0. The van der Waals surface area contributed by atoms with Crippen molar-refractivity contribution >= 4 is 74.7 Å². The summed E-state index contributed by atoms with van der Waals surface area (Å²) in [6, 6.07) is 0.850. The second-order valence-corrected chi connectivity index (χ2v) is 26.4. The van der Waals surface area contributed by atoms with Crippen LogP contribution < -0.4 is 16.0 Å². The number of esters is 1. The third-order valence-electron chi connectivity index (χ3n) is 11.3. The molecule has 6 atom stereocenters. The van der Waals surface area contributed by atoms with Crippen LogP contribution in [-0.4, -0.2) is 123 Å². The molecule has 0 aliphatic carbocycles. The minimum atomic E-state index is -2.35. The highest BCUT2D eigenvalue weighted by molar-refractivity contribution is 8.14. The quantitative estimate of drug-likeness (QED) is 0.0629. The first kappa shape index (κ1) is 50.2. The predicted octanol–water partition coefficient (Wildman–Crippen LogP) is 6.77. The number of aliphatic imine (C=N–C) groups is 1. The van der Waals surface area contributed by atoms with Crippen molar-refractivity contribution in [2.45, 2.75) is 155 Å². The lowest BCUT2D eigenvalue weighted by Gasteiger charge is -2.42. The largest absolute Gasteiger partial charge is 0.461 e. The topological polar surface area (TPSA) is 196 Å². The molecule has 0 aromatic carbocycles. The van der Waals surface area contributed by atoms with E-state index in [1.165, 1.54) is 34.1 Å². The van der Waals surface area contributed by atoms with Crippen molar-refractivity contribution in [3.05, 3.63) is 28.7 Å². The van der Waals surface area contributed by atoms with Gasteiger partial charge in [0, 0.05) is 11.1 Å². The number of carbonyl (C=O) groups is 5. The fourth-order valence-corrected chi connectivity index (χ4v) is 15.1. The number of rotatable bonds is 22. The van der Waals surface area contributed by atoms with Crippen LogP contribution in [0.4, 0.5) is 9.59 Å². The fraction of sp³-hybridized carbons (Fsp3) is 0.718. The number of amides is 5. The van der Waals surface area contributed by atoms with E-state index in [1.54, 1.807) is 33.1 Å². The normalized spacial score (nSPS) is 19.8. The van der Waals surface area contributed by atoms with Crippen LogP contribution in [0.15, 0.2) is 23.0 Å². The number of imide groups is 1. The number of urea groups is 1. The van der Waals surface area contributed by atoms with Crippen LogP contribution in [0.1, 0.15) is 97.7 Å². The number of hydrogen-bond donors (Lipinski definition) is 3. The number of carbonyl (C=O) groups excluding carboxylic acids is 5. The standard InChI is InChI=1S/C39H66N6O10S2Si2/c1-13-26(40-33(47)29-22-53-39(11,12)45(29)38(50)52-15-3)34-41-27(23-56-34)32(46)44-37(49)43-30(35-42-28(24-57-35)36(48)51-14-2)31(55-59(19-7,20-8)21-9)25(10)54-58(16-4,17-5)18-6/h13,24-27,29-31H,1,14-23H2,2-12H3,(H,40,47)(H2,43,44,46,49)/t25-,26?,27-,29+,30+,31-/m1/s1. The zero-order chi connectivity index (χ0) is 44.1. The summed E-state index contributed by atoms with van der Waals surface area (Å²) in [6.45, 7) is 25.7. The monoisotopic (exact) mass is 898 g/mol. The number of thioether (sulfide) groups is 1. The molecule has 2 aliphatic heterocycles. The van der Waals surface area contributed by atoms with Crippen LogP contribution in [0, 0.1) is 0 Å². The molecular formula is C39H66N6O10S2Si2. The van der Waals surface area contributed by atoms with E-state index in [-0.39, 0.29) is 31.3 Å². The third kappa shape index (κ3) is 12.5. The average Bonchev–Trinajstić information content (AvgIpc) is 3.99. The summed E-state index contributed by atoms with van der Waals surface area (Å²) in [5.74, 6) is -1.54. The molecule has 0 radical (unpaired) electrons. The first-order valence-electron chi connectivity index (χ1n) is 20.8. The van der Waals surface area contributed by atoms with Crippen molar-refractivity contribution in [1.29, 1.82) is 0 Å². The maximum Gasteiger partial charge on any atom is 0.412 e. The molecule has 1 aromatic rings. The number of nitrogens with one attached hydrogen (secondary N) is 3. The number of nitrogens with zero attached hydrogens (tertiary/aromatic N) is 3. The van der Waals surface area contributed by atoms with Crippen molar-refractivity contribution in [2.75, 3.05) is 25.6 Å². The van der Waals surface area contributed by atoms with E-state index in [4.69, 9.17) is 23.1 Å². The molecule has 1 aromatic heterocycles. The van der Waals surface area contributed by atoms with Gasteiger partial charge < -0.3 is 33.7 Å². The van der Waals surface area contributed by atoms with Crippen LogP contribution in [0.25, 0.3) is 0 Å². The maximum absolute atomic E-state index is 13.9. The Morgan fingerprint density at radius 2 is 1.53 bits per heavy atom. The Bertz CT molecular complexity index is 1640. The maximum atomic E-state index is 13.9. The van der Waals surface area contributed by atoms with Gasteiger partial charge in [-0.2, -0.15) is 0 Å². The van der Waals surface area contributed by atoms with Gasteiger partial charge in [-0.15, -0.1) is 29.7 Å². The minimum Gasteiger partial charge on any atom is -0.461 e. The molecule has 20 heteroatoms. The second kappa shape index (κ2) is 22.6. The van der Waals surface area contributed by atoms with Gasteiger partial charge in [-0.25, -0.2) is 19.4 Å². The summed E-state index contributed by atoms with van der Waals surface area (Å²) in [5, 5.41) is 10.7. The Balaban J connectivity index is 1.90. The van der Waals surface area contributed by atoms with E-state index in [9.17, 15) is 24.0 Å². The lowest BCUT2D eigenvalue weighted by molar-refractivity contribution is -0.126. The molecule has 3 rings (SSSR count). The lowest BCUT2D eigenvalue weighted by Crippen LogP contribution is -2.55. The van der Waals surface area contributed by atoms with Crippen LogP contribution in [0.3, 0.4) is 0 Å². The summed E-state index contributed by atoms with van der Waals surface area (Å²) >= 11 is 2.44. The van der Waals surface area contributed by atoms with Gasteiger partial charge in [-0.05, 0) is 70.9 Å². The Morgan fingerprint density at radius 1 is 0.932 bits per heavy atom. The summed E-state index contributed by atoms with van der Waals surface area (Å²) < 4.78 is 30.3. The van der Waals surface area contributed by atoms with Gasteiger partial charge >= 0.3 is 18.1 Å². The van der Waals surface area contributed by atoms with Crippen LogP contribution >= 0.6 is 23.1 Å². The molecule has 1 fully saturated rings. The summed E-state index contributed by atoms with van der Waals surface area (Å²) in [5.41, 5.74) is -0.960. The van der Waals surface area contributed by atoms with Crippen molar-refractivity contribution in [3.8, 4) is 0 Å². The van der Waals surface area contributed by atoms with Crippen molar-refractivity contribution in [1.82, 2.24) is 25.8 Å². The Morgan fingerprint density at radius 3 is 2.08 bits per heavy atom. The molecular weight excluding hydrogens is 833 g/mol. The fourth-order valence-electron chi connectivity index (χ4n) is 7.27. The lowest BCUT2D eigenvalue weighted by atomic mass is 10.1. The summed E-state index contributed by atoms with van der Waals surface area (Å²) in [6.07, 6.45) is -0.355. The molecule has 59 heavy (non-hydrogen) atoms. The van der Waals surface area contributed by atoms with E-state index in [0.29, 0.717) is 10.1 Å². The van der Waals surface area contributed by atoms with Gasteiger partial charge in [0.05, 0.1) is 43.1 Å². The number of aromatic nitrogens is 1. The smallest absolute Gasteiger partial charge is 0.412 e. The SMILES string of the molecule is C=CC(NC(=O)[C@@H]1COC(C)(C)N1C(=O)OCC)C1=N[C@@H](C(=O)NC(=O)N[C@H](c2nc(C(=O)OCC)cs2)[C@H](O[Si](CC)(CC)CC)[C@@H](C)O[Si](CC)(CC)CC)CS1. The van der Waals surface area contributed by atoms with E-state index in [0.717, 1.165) is 36.3 Å². The summed E-state index contributed by atoms with van der Waals surface area (Å²) in [7, 11) is -4.53. The van der Waals surface area contributed by atoms with E-state index in [1.807, 2.05) is 6.92 Å². The summed E-state index contributed by atoms with van der Waals surface area (Å²) in [4.78, 5) is 77.0. The predicted molar refractivity (Wildman–Crippen MR) is 236 cm³/mol. The van der Waals surface area contributed by atoms with E-state index >= 15 is 0 Å². The molecule has 2 aliphatic rings. The zero-order valence-electron chi connectivity index (χ0n) is 36.6. The van der Waals surface area contributed by atoms with E-state index < -0.39 is 88.6 Å². The zero-order valence-corrected chi connectivity index (χ0v) is 40.3. The van der Waals surface area contributed by atoms with Gasteiger partial charge in [0.15, 0.2) is 22.3 Å². The van der Waals surface area contributed by atoms with E-state index in [2.05, 4.69) is 74.0 Å². The number of hydrogen-bond acceptors (Lipinski definition) is 14. The van der Waals surface area contributed by atoms with Gasteiger partial charge in [-0.3, -0.25) is 24.8 Å². The molecule has 1 unspecified atom stereocenters. The van der Waals surface area contributed by atoms with Crippen LogP contribution in [-0.2, 0) is 32.7 Å². The van der Waals surface area contributed by atoms with Gasteiger partial charge in [0.2, 0.25) is 5.91 Å². The molecule has 5 amide bonds. The highest BCUT2D eigenvalue weighted by atomic mass is 32.2. The Labute approximate surface area is 360 Å². The molecule has 16 nitrogen and oxygen atoms in total. The molecule has 0 spiro atoms. The molecule has 1 saturated heterocycles. The van der Waals surface area contributed by atoms with Gasteiger partial charge in [0.1, 0.15) is 28.9 Å². The number of thiazole rings is 1. The molecule has 3 heterocycles.